The molecule has 132 valence electrons. The first kappa shape index (κ1) is 17.0. The molecule has 26 heavy (non-hydrogen) atoms. The van der Waals surface area contributed by atoms with Crippen LogP contribution in [0.1, 0.15) is 47.6 Å². The number of rotatable bonds is 4. The van der Waals surface area contributed by atoms with Crippen LogP contribution in [0.3, 0.4) is 0 Å². The first-order valence-electron chi connectivity index (χ1n) is 8.85. The Bertz CT molecular complexity index is 970. The lowest BCUT2D eigenvalue weighted by Gasteiger charge is -2.29. The molecule has 2 aromatic heterocycles. The molecule has 1 aliphatic rings. The predicted octanol–water partition coefficient (Wildman–Crippen LogP) is 4.96. The Morgan fingerprint density at radius 3 is 2.73 bits per heavy atom. The standard InChI is InChI=1S/C21H20ClN3O/c1-13-18(12-15-11-16(22)6-9-20(15)24-13)21(26)25(17-7-8-17)14(2)19-5-3-4-10-23-19/h3-6,9-12,14,17H,7-8H2,1-2H3. The van der Waals surface area contributed by atoms with Crippen molar-refractivity contribution in [3.8, 4) is 0 Å². The van der Waals surface area contributed by atoms with Gasteiger partial charge in [0.05, 0.1) is 28.5 Å². The third-order valence-electron chi connectivity index (χ3n) is 4.91. The Balaban J connectivity index is 1.74. The summed E-state index contributed by atoms with van der Waals surface area (Å²) >= 11 is 6.11. The van der Waals surface area contributed by atoms with Gasteiger partial charge in [-0.05, 0) is 63.1 Å². The molecule has 1 atom stereocenters. The van der Waals surface area contributed by atoms with Gasteiger partial charge < -0.3 is 4.90 Å². The number of carbonyl (C=O) groups is 1. The number of nitrogens with zero attached hydrogens (tertiary/aromatic N) is 3. The van der Waals surface area contributed by atoms with Crippen LogP contribution < -0.4 is 0 Å². The molecule has 0 aliphatic heterocycles. The molecule has 1 unspecified atom stereocenters. The van der Waals surface area contributed by atoms with E-state index in [0.717, 1.165) is 35.1 Å². The second-order valence-corrected chi connectivity index (χ2v) is 7.27. The minimum absolute atomic E-state index is 0.0116. The molecule has 4 rings (SSSR count). The summed E-state index contributed by atoms with van der Waals surface area (Å²) in [5.41, 5.74) is 3.12. The smallest absolute Gasteiger partial charge is 0.256 e. The van der Waals surface area contributed by atoms with Crippen molar-refractivity contribution < 1.29 is 4.79 Å². The molecule has 4 nitrogen and oxygen atoms in total. The molecule has 1 aromatic carbocycles. The van der Waals surface area contributed by atoms with Gasteiger partial charge in [-0.3, -0.25) is 14.8 Å². The van der Waals surface area contributed by atoms with E-state index in [2.05, 4.69) is 9.97 Å². The predicted molar refractivity (Wildman–Crippen MR) is 103 cm³/mol. The van der Waals surface area contributed by atoms with Gasteiger partial charge in [-0.2, -0.15) is 0 Å². The zero-order valence-corrected chi connectivity index (χ0v) is 15.6. The maximum atomic E-state index is 13.4. The highest BCUT2D eigenvalue weighted by Crippen LogP contribution is 2.35. The van der Waals surface area contributed by atoms with Crippen molar-refractivity contribution in [1.82, 2.24) is 14.9 Å². The van der Waals surface area contributed by atoms with E-state index in [1.165, 1.54) is 0 Å². The van der Waals surface area contributed by atoms with Crippen molar-refractivity contribution >= 4 is 28.4 Å². The molecule has 0 spiro atoms. The third kappa shape index (κ3) is 3.17. The highest BCUT2D eigenvalue weighted by atomic mass is 35.5. The van der Waals surface area contributed by atoms with Crippen LogP contribution >= 0.6 is 11.6 Å². The number of benzene rings is 1. The van der Waals surface area contributed by atoms with Crippen molar-refractivity contribution in [2.45, 2.75) is 38.8 Å². The Morgan fingerprint density at radius 2 is 2.04 bits per heavy atom. The van der Waals surface area contributed by atoms with E-state index in [-0.39, 0.29) is 18.0 Å². The second kappa shape index (κ2) is 6.69. The van der Waals surface area contributed by atoms with Crippen LogP contribution in [-0.2, 0) is 0 Å². The van der Waals surface area contributed by atoms with Crippen LogP contribution in [0.15, 0.2) is 48.7 Å². The van der Waals surface area contributed by atoms with E-state index >= 15 is 0 Å². The maximum absolute atomic E-state index is 13.4. The molecule has 0 radical (unpaired) electrons. The largest absolute Gasteiger partial charge is 0.327 e. The molecule has 0 bridgehead atoms. The topological polar surface area (TPSA) is 46.1 Å². The molecule has 5 heteroatoms. The number of hydrogen-bond donors (Lipinski definition) is 0. The number of aryl methyl sites for hydroxylation is 1. The summed E-state index contributed by atoms with van der Waals surface area (Å²) in [6.07, 6.45) is 3.84. The summed E-state index contributed by atoms with van der Waals surface area (Å²) in [6.45, 7) is 3.93. The molecule has 1 aliphatic carbocycles. The lowest BCUT2D eigenvalue weighted by Crippen LogP contribution is -2.36. The van der Waals surface area contributed by atoms with Gasteiger partial charge in [-0.1, -0.05) is 17.7 Å². The van der Waals surface area contributed by atoms with Crippen LogP contribution in [0.2, 0.25) is 5.02 Å². The maximum Gasteiger partial charge on any atom is 0.256 e. The fraction of sp³-hybridized carbons (Fsp3) is 0.286. The van der Waals surface area contributed by atoms with Gasteiger partial charge in [0, 0.05) is 22.6 Å². The Hall–Kier alpha value is -2.46. The number of hydrogen-bond acceptors (Lipinski definition) is 3. The van der Waals surface area contributed by atoms with Crippen LogP contribution in [0, 0.1) is 6.92 Å². The van der Waals surface area contributed by atoms with Crippen LogP contribution in [-0.4, -0.2) is 26.8 Å². The van der Waals surface area contributed by atoms with E-state index in [1.807, 2.05) is 61.2 Å². The van der Waals surface area contributed by atoms with E-state index in [0.29, 0.717) is 10.6 Å². The Morgan fingerprint density at radius 1 is 1.23 bits per heavy atom. The van der Waals surface area contributed by atoms with Crippen molar-refractivity contribution in [1.29, 1.82) is 0 Å². The van der Waals surface area contributed by atoms with Gasteiger partial charge in [0.25, 0.3) is 5.91 Å². The monoisotopic (exact) mass is 365 g/mol. The van der Waals surface area contributed by atoms with Crippen molar-refractivity contribution in [3.63, 3.8) is 0 Å². The van der Waals surface area contributed by atoms with Gasteiger partial charge in [-0.25, -0.2) is 0 Å². The summed E-state index contributed by atoms with van der Waals surface area (Å²) < 4.78 is 0. The van der Waals surface area contributed by atoms with E-state index < -0.39 is 0 Å². The van der Waals surface area contributed by atoms with Gasteiger partial charge in [0.2, 0.25) is 0 Å². The molecule has 0 N–H and O–H groups in total. The van der Waals surface area contributed by atoms with E-state index in [9.17, 15) is 4.79 Å². The highest BCUT2D eigenvalue weighted by Gasteiger charge is 2.37. The quantitative estimate of drug-likeness (QED) is 0.656. The summed E-state index contributed by atoms with van der Waals surface area (Å²) in [4.78, 5) is 24.4. The highest BCUT2D eigenvalue weighted by molar-refractivity contribution is 6.31. The first-order chi connectivity index (χ1) is 12.5. The zero-order chi connectivity index (χ0) is 18.3. The molecular formula is C21H20ClN3O. The summed E-state index contributed by atoms with van der Waals surface area (Å²) in [7, 11) is 0. The minimum Gasteiger partial charge on any atom is -0.327 e. The SMILES string of the molecule is Cc1nc2ccc(Cl)cc2cc1C(=O)N(C1CC1)C(C)c1ccccn1. The first-order valence-corrected chi connectivity index (χ1v) is 9.23. The molecule has 2 heterocycles. The van der Waals surface area contributed by atoms with Gasteiger partial charge in [0.15, 0.2) is 0 Å². The number of pyridine rings is 2. The van der Waals surface area contributed by atoms with Crippen molar-refractivity contribution in [2.24, 2.45) is 0 Å². The van der Waals surface area contributed by atoms with Crippen LogP contribution in [0.25, 0.3) is 10.9 Å². The Labute approximate surface area is 157 Å². The second-order valence-electron chi connectivity index (χ2n) is 6.83. The number of aromatic nitrogens is 2. The lowest BCUT2D eigenvalue weighted by atomic mass is 10.1. The summed E-state index contributed by atoms with van der Waals surface area (Å²) in [6, 6.07) is 13.5. The number of halogens is 1. The summed E-state index contributed by atoms with van der Waals surface area (Å²) in [5.74, 6) is 0.0116. The average molecular weight is 366 g/mol. The van der Waals surface area contributed by atoms with Crippen molar-refractivity contribution in [2.75, 3.05) is 0 Å². The van der Waals surface area contributed by atoms with Crippen LogP contribution in [0.5, 0.6) is 0 Å². The molecule has 1 fully saturated rings. The van der Waals surface area contributed by atoms with Crippen LogP contribution in [0.4, 0.5) is 0 Å². The molecule has 1 saturated carbocycles. The van der Waals surface area contributed by atoms with Gasteiger partial charge in [-0.15, -0.1) is 0 Å². The molecule has 3 aromatic rings. The lowest BCUT2D eigenvalue weighted by molar-refractivity contribution is 0.0669. The van der Waals surface area contributed by atoms with Gasteiger partial charge >= 0.3 is 0 Å². The molecule has 1 amide bonds. The summed E-state index contributed by atoms with van der Waals surface area (Å²) in [5, 5.41) is 1.52. The molecular weight excluding hydrogens is 346 g/mol. The fourth-order valence-electron chi connectivity index (χ4n) is 3.38. The van der Waals surface area contributed by atoms with Gasteiger partial charge in [0.1, 0.15) is 0 Å². The Kier molecular flexibility index (Phi) is 4.37. The van der Waals surface area contributed by atoms with Crippen molar-refractivity contribution in [3.05, 3.63) is 70.6 Å². The fourth-order valence-corrected chi connectivity index (χ4v) is 3.56. The third-order valence-corrected chi connectivity index (χ3v) is 5.14. The molecule has 0 saturated heterocycles. The average Bonchev–Trinajstić information content (AvgIpc) is 3.47. The van der Waals surface area contributed by atoms with E-state index in [4.69, 9.17) is 11.6 Å². The normalized spacial score (nSPS) is 15.0. The van der Waals surface area contributed by atoms with E-state index in [1.54, 1.807) is 6.20 Å². The zero-order valence-electron chi connectivity index (χ0n) is 14.8. The number of fused-ring (bicyclic) bond motifs is 1. The number of carbonyl (C=O) groups excluding carboxylic acids is 1. The number of amides is 1. The minimum atomic E-state index is -0.0781.